The Hall–Kier alpha value is -3.43. The lowest BCUT2D eigenvalue weighted by Crippen LogP contribution is -2.32. The van der Waals surface area contributed by atoms with Crippen LogP contribution in [0.3, 0.4) is 0 Å². The van der Waals surface area contributed by atoms with Crippen LogP contribution in [0, 0.1) is 0 Å². The van der Waals surface area contributed by atoms with Crippen molar-refractivity contribution in [3.63, 3.8) is 0 Å². The summed E-state index contributed by atoms with van der Waals surface area (Å²) in [7, 11) is 0. The maximum absolute atomic E-state index is 12.4. The number of nitrogens with zero attached hydrogens (tertiary/aromatic N) is 5. The molecular weight excluding hydrogens is 436 g/mol. The lowest BCUT2D eigenvalue weighted by Gasteiger charge is -2.20. The standard InChI is InChI=1S/C21H19ClN6O2S/c1-2-17(30)27(11-14-4-3-9-31-14)7-8-28-21-18(20(23)24-12-25-21)19(26-28)13-5-6-15(22)16(29)10-13/h2-6,9-10,12,29H,1,7-8,11H2,(H2,23,24,25). The fourth-order valence-electron chi connectivity index (χ4n) is 3.25. The summed E-state index contributed by atoms with van der Waals surface area (Å²) in [4.78, 5) is 23.6. The Balaban J connectivity index is 1.69. The molecule has 0 bridgehead atoms. The number of phenolic OH excluding ortho intramolecular Hbond substituents is 1. The van der Waals surface area contributed by atoms with Crippen LogP contribution in [-0.4, -0.2) is 42.2 Å². The van der Waals surface area contributed by atoms with E-state index in [4.69, 9.17) is 17.3 Å². The summed E-state index contributed by atoms with van der Waals surface area (Å²) in [5, 5.41) is 17.5. The van der Waals surface area contributed by atoms with Crippen molar-refractivity contribution in [2.24, 2.45) is 0 Å². The van der Waals surface area contributed by atoms with E-state index in [-0.39, 0.29) is 22.5 Å². The number of rotatable bonds is 7. The number of nitrogens with two attached hydrogens (primary N) is 1. The van der Waals surface area contributed by atoms with E-state index in [9.17, 15) is 9.90 Å². The molecule has 4 rings (SSSR count). The van der Waals surface area contributed by atoms with Gasteiger partial charge in [-0.1, -0.05) is 30.3 Å². The summed E-state index contributed by atoms with van der Waals surface area (Å²) >= 11 is 7.53. The van der Waals surface area contributed by atoms with Crippen LogP contribution in [0.25, 0.3) is 22.3 Å². The van der Waals surface area contributed by atoms with Gasteiger partial charge in [-0.05, 0) is 29.7 Å². The molecule has 8 nitrogen and oxygen atoms in total. The van der Waals surface area contributed by atoms with Gasteiger partial charge in [0.25, 0.3) is 0 Å². The summed E-state index contributed by atoms with van der Waals surface area (Å²) in [5.74, 6) is 0.0520. The fourth-order valence-corrected chi connectivity index (χ4v) is 4.09. The number of nitrogen functional groups attached to an aromatic ring is 1. The zero-order chi connectivity index (χ0) is 22.0. The van der Waals surface area contributed by atoms with Gasteiger partial charge in [-0.3, -0.25) is 4.79 Å². The van der Waals surface area contributed by atoms with Gasteiger partial charge in [0.15, 0.2) is 5.65 Å². The third-order valence-electron chi connectivity index (χ3n) is 4.77. The maximum atomic E-state index is 12.4. The van der Waals surface area contributed by atoms with Crippen LogP contribution in [-0.2, 0) is 17.9 Å². The number of benzene rings is 1. The number of anilines is 1. The van der Waals surface area contributed by atoms with Crippen molar-refractivity contribution in [2.75, 3.05) is 12.3 Å². The molecule has 0 aliphatic rings. The zero-order valence-electron chi connectivity index (χ0n) is 16.4. The molecule has 0 aliphatic carbocycles. The van der Waals surface area contributed by atoms with E-state index in [1.54, 1.807) is 33.1 Å². The highest BCUT2D eigenvalue weighted by Gasteiger charge is 2.19. The van der Waals surface area contributed by atoms with Gasteiger partial charge in [-0.25, -0.2) is 14.6 Å². The van der Waals surface area contributed by atoms with Crippen molar-refractivity contribution in [1.29, 1.82) is 0 Å². The molecule has 0 spiro atoms. The molecular formula is C21H19ClN6O2S. The van der Waals surface area contributed by atoms with E-state index in [0.717, 1.165) is 4.88 Å². The van der Waals surface area contributed by atoms with Crippen molar-refractivity contribution >= 4 is 45.7 Å². The minimum absolute atomic E-state index is 0.0593. The van der Waals surface area contributed by atoms with Crippen LogP contribution in [0.2, 0.25) is 5.02 Å². The molecule has 1 amide bonds. The first-order valence-corrected chi connectivity index (χ1v) is 10.6. The summed E-state index contributed by atoms with van der Waals surface area (Å²) in [6.07, 6.45) is 2.67. The first-order chi connectivity index (χ1) is 15.0. The van der Waals surface area contributed by atoms with Crippen molar-refractivity contribution in [1.82, 2.24) is 24.6 Å². The van der Waals surface area contributed by atoms with Crippen LogP contribution >= 0.6 is 22.9 Å². The molecule has 4 aromatic rings. The van der Waals surface area contributed by atoms with E-state index >= 15 is 0 Å². The van der Waals surface area contributed by atoms with Crippen molar-refractivity contribution in [2.45, 2.75) is 13.1 Å². The summed E-state index contributed by atoms with van der Waals surface area (Å²) < 4.78 is 1.69. The van der Waals surface area contributed by atoms with Crippen LogP contribution in [0.4, 0.5) is 5.82 Å². The zero-order valence-corrected chi connectivity index (χ0v) is 18.0. The number of halogens is 1. The molecule has 0 fully saturated rings. The van der Waals surface area contributed by atoms with E-state index < -0.39 is 0 Å². The quantitative estimate of drug-likeness (QED) is 0.412. The number of carbonyl (C=O) groups excluding carboxylic acids is 1. The summed E-state index contributed by atoms with van der Waals surface area (Å²) in [5.41, 5.74) is 7.82. The monoisotopic (exact) mass is 454 g/mol. The number of carbonyl (C=O) groups is 1. The second-order valence-electron chi connectivity index (χ2n) is 6.74. The molecule has 10 heteroatoms. The molecule has 158 valence electrons. The summed E-state index contributed by atoms with van der Waals surface area (Å²) in [6, 6.07) is 8.78. The van der Waals surface area contributed by atoms with Crippen molar-refractivity contribution in [3.8, 4) is 17.0 Å². The molecule has 0 unspecified atom stereocenters. The lowest BCUT2D eigenvalue weighted by atomic mass is 10.1. The Morgan fingerprint density at radius 2 is 2.19 bits per heavy atom. The van der Waals surface area contributed by atoms with Crippen LogP contribution in [0.1, 0.15) is 4.88 Å². The highest BCUT2D eigenvalue weighted by atomic mass is 35.5. The number of phenols is 1. The van der Waals surface area contributed by atoms with Gasteiger partial charge >= 0.3 is 0 Å². The van der Waals surface area contributed by atoms with Gasteiger partial charge in [0.1, 0.15) is 23.6 Å². The Morgan fingerprint density at radius 3 is 2.90 bits per heavy atom. The van der Waals surface area contributed by atoms with E-state index in [1.807, 2.05) is 17.5 Å². The van der Waals surface area contributed by atoms with Crippen LogP contribution in [0.15, 0.2) is 54.7 Å². The van der Waals surface area contributed by atoms with Crippen LogP contribution < -0.4 is 5.73 Å². The molecule has 0 radical (unpaired) electrons. The second kappa shape index (κ2) is 8.75. The molecule has 3 aromatic heterocycles. The lowest BCUT2D eigenvalue weighted by molar-refractivity contribution is -0.126. The smallest absolute Gasteiger partial charge is 0.246 e. The SMILES string of the molecule is C=CC(=O)N(CCn1nc(-c2ccc(Cl)c(O)c2)c2c(N)ncnc21)Cc1cccs1. The molecule has 0 atom stereocenters. The van der Waals surface area contributed by atoms with E-state index in [0.29, 0.717) is 41.9 Å². The molecule has 0 saturated heterocycles. The first-order valence-electron chi connectivity index (χ1n) is 9.37. The number of hydrogen-bond acceptors (Lipinski definition) is 7. The Labute approximate surface area is 187 Å². The highest BCUT2D eigenvalue weighted by Crippen LogP contribution is 2.34. The number of thiophene rings is 1. The van der Waals surface area contributed by atoms with Gasteiger partial charge in [-0.2, -0.15) is 5.10 Å². The normalized spacial score (nSPS) is 11.0. The van der Waals surface area contributed by atoms with E-state index in [1.165, 1.54) is 18.5 Å². The molecule has 31 heavy (non-hydrogen) atoms. The van der Waals surface area contributed by atoms with Gasteiger partial charge in [-0.15, -0.1) is 11.3 Å². The minimum Gasteiger partial charge on any atom is -0.506 e. The molecule has 3 heterocycles. The first kappa shape index (κ1) is 20.8. The average molecular weight is 455 g/mol. The van der Waals surface area contributed by atoms with E-state index in [2.05, 4.69) is 21.6 Å². The van der Waals surface area contributed by atoms with Crippen molar-refractivity contribution in [3.05, 3.63) is 64.6 Å². The minimum atomic E-state index is -0.165. The van der Waals surface area contributed by atoms with Gasteiger partial charge < -0.3 is 15.7 Å². The topological polar surface area (TPSA) is 110 Å². The predicted molar refractivity (Wildman–Crippen MR) is 122 cm³/mol. The summed E-state index contributed by atoms with van der Waals surface area (Å²) in [6.45, 7) is 4.87. The number of amides is 1. The Morgan fingerprint density at radius 1 is 1.35 bits per heavy atom. The Bertz CT molecular complexity index is 1250. The van der Waals surface area contributed by atoms with Crippen LogP contribution in [0.5, 0.6) is 5.75 Å². The van der Waals surface area contributed by atoms with Gasteiger partial charge in [0.2, 0.25) is 5.91 Å². The third-order valence-corrected chi connectivity index (χ3v) is 5.95. The van der Waals surface area contributed by atoms with Gasteiger partial charge in [0, 0.05) is 17.0 Å². The molecule has 0 aliphatic heterocycles. The number of fused-ring (bicyclic) bond motifs is 1. The number of aromatic nitrogens is 4. The molecule has 1 aromatic carbocycles. The predicted octanol–water partition coefficient (Wildman–Crippen LogP) is 3.71. The highest BCUT2D eigenvalue weighted by molar-refractivity contribution is 7.09. The average Bonchev–Trinajstić information content (AvgIpc) is 3.41. The second-order valence-corrected chi connectivity index (χ2v) is 8.18. The molecule has 3 N–H and O–H groups in total. The van der Waals surface area contributed by atoms with Gasteiger partial charge in [0.05, 0.1) is 23.5 Å². The number of aromatic hydroxyl groups is 1. The largest absolute Gasteiger partial charge is 0.506 e. The number of hydrogen-bond donors (Lipinski definition) is 2. The van der Waals surface area contributed by atoms with Crippen molar-refractivity contribution < 1.29 is 9.90 Å². The Kier molecular flexibility index (Phi) is 5.88. The third kappa shape index (κ3) is 4.23. The maximum Gasteiger partial charge on any atom is 0.246 e. The fraction of sp³-hybridized carbons (Fsp3) is 0.143. The molecule has 0 saturated carbocycles.